The first kappa shape index (κ1) is 13.7. The van der Waals surface area contributed by atoms with Crippen LogP contribution in [0.1, 0.15) is 12.8 Å². The van der Waals surface area contributed by atoms with Gasteiger partial charge in [0.1, 0.15) is 0 Å². The van der Waals surface area contributed by atoms with Crippen LogP contribution in [0.4, 0.5) is 0 Å². The average molecular weight is 240 g/mol. The summed E-state index contributed by atoms with van der Waals surface area (Å²) < 4.78 is 23.6. The molecule has 0 bridgehead atoms. The van der Waals surface area contributed by atoms with Crippen molar-refractivity contribution in [2.45, 2.75) is 12.8 Å². The maximum Gasteiger partial charge on any atom is 0.220 e. The lowest BCUT2D eigenvalue weighted by Gasteiger charge is -2.04. The predicted octanol–water partition coefficient (Wildman–Crippen LogP) is -0.638. The van der Waals surface area contributed by atoms with Gasteiger partial charge in [0.25, 0.3) is 0 Å². The van der Waals surface area contributed by atoms with Crippen molar-refractivity contribution in [2.24, 2.45) is 0 Å². The maximum atomic E-state index is 10.9. The van der Waals surface area contributed by atoms with Gasteiger partial charge in [0.05, 0.1) is 6.26 Å². The average Bonchev–Trinajstić information content (AvgIpc) is 2.02. The molecule has 0 spiro atoms. The topological polar surface area (TPSA) is 75.3 Å². The highest BCUT2D eigenvalue weighted by atomic mass is 32.2. The first-order valence-electron chi connectivity index (χ1n) is 4.28. The molecule has 14 heavy (non-hydrogen) atoms. The van der Waals surface area contributed by atoms with Crippen molar-refractivity contribution >= 4 is 28.6 Å². The summed E-state index contributed by atoms with van der Waals surface area (Å²) in [5, 5.41) is 2.65. The molecule has 0 aliphatic carbocycles. The van der Waals surface area contributed by atoms with Crippen LogP contribution >= 0.6 is 12.6 Å². The number of nitrogens with one attached hydrogen (secondary N) is 2. The molecule has 5 nitrogen and oxygen atoms in total. The molecule has 0 aromatic rings. The van der Waals surface area contributed by atoms with E-state index >= 15 is 0 Å². The summed E-state index contributed by atoms with van der Waals surface area (Å²) >= 11 is 3.91. The molecule has 0 atom stereocenters. The zero-order valence-corrected chi connectivity index (χ0v) is 9.83. The SMILES string of the molecule is CS(=O)(=O)NCCCNC(=O)CCS. The minimum atomic E-state index is -3.11. The van der Waals surface area contributed by atoms with Crippen molar-refractivity contribution in [2.75, 3.05) is 25.1 Å². The summed E-state index contributed by atoms with van der Waals surface area (Å²) in [6, 6.07) is 0. The van der Waals surface area contributed by atoms with Gasteiger partial charge < -0.3 is 5.32 Å². The number of rotatable bonds is 7. The molecule has 7 heteroatoms. The van der Waals surface area contributed by atoms with Crippen LogP contribution in [-0.4, -0.2) is 39.4 Å². The summed E-state index contributed by atoms with van der Waals surface area (Å²) in [7, 11) is -3.11. The van der Waals surface area contributed by atoms with Crippen LogP contribution in [-0.2, 0) is 14.8 Å². The molecule has 0 heterocycles. The zero-order valence-electron chi connectivity index (χ0n) is 8.12. The van der Waals surface area contributed by atoms with Gasteiger partial charge in [-0.1, -0.05) is 0 Å². The number of thiol groups is 1. The van der Waals surface area contributed by atoms with Crippen LogP contribution in [0, 0.1) is 0 Å². The van der Waals surface area contributed by atoms with Gasteiger partial charge in [-0.25, -0.2) is 13.1 Å². The van der Waals surface area contributed by atoms with E-state index in [1.54, 1.807) is 0 Å². The summed E-state index contributed by atoms with van der Waals surface area (Å²) in [6.07, 6.45) is 2.08. The van der Waals surface area contributed by atoms with Gasteiger partial charge in [-0.05, 0) is 12.2 Å². The Morgan fingerprint density at radius 3 is 2.50 bits per heavy atom. The normalized spacial score (nSPS) is 11.3. The Hall–Kier alpha value is -0.270. The Labute approximate surface area is 90.1 Å². The summed E-state index contributed by atoms with van der Waals surface area (Å²) in [6.45, 7) is 0.828. The van der Waals surface area contributed by atoms with Crippen molar-refractivity contribution in [1.29, 1.82) is 0 Å². The number of hydrogen-bond donors (Lipinski definition) is 3. The van der Waals surface area contributed by atoms with Crippen molar-refractivity contribution in [3.63, 3.8) is 0 Å². The van der Waals surface area contributed by atoms with Crippen LogP contribution < -0.4 is 10.0 Å². The van der Waals surface area contributed by atoms with E-state index in [2.05, 4.69) is 22.7 Å². The minimum Gasteiger partial charge on any atom is -0.356 e. The lowest BCUT2D eigenvalue weighted by Crippen LogP contribution is -2.29. The van der Waals surface area contributed by atoms with Gasteiger partial charge in [-0.15, -0.1) is 0 Å². The van der Waals surface area contributed by atoms with E-state index in [0.717, 1.165) is 6.26 Å². The van der Waals surface area contributed by atoms with Crippen LogP contribution in [0.5, 0.6) is 0 Å². The smallest absolute Gasteiger partial charge is 0.220 e. The van der Waals surface area contributed by atoms with Gasteiger partial charge in [-0.3, -0.25) is 4.79 Å². The van der Waals surface area contributed by atoms with Crippen molar-refractivity contribution in [3.8, 4) is 0 Å². The molecule has 0 saturated heterocycles. The number of carbonyl (C=O) groups is 1. The van der Waals surface area contributed by atoms with Crippen LogP contribution in [0.3, 0.4) is 0 Å². The molecule has 0 aromatic carbocycles. The van der Waals surface area contributed by atoms with Crippen molar-refractivity contribution < 1.29 is 13.2 Å². The van der Waals surface area contributed by atoms with Crippen molar-refractivity contribution in [3.05, 3.63) is 0 Å². The standard InChI is InChI=1S/C7H16N2O3S2/c1-14(11,12)9-5-2-4-8-7(10)3-6-13/h9,13H,2-6H2,1H3,(H,8,10). The van der Waals surface area contributed by atoms with E-state index in [1.807, 2.05) is 0 Å². The fourth-order valence-corrected chi connectivity index (χ4v) is 1.48. The number of hydrogen-bond acceptors (Lipinski definition) is 4. The minimum absolute atomic E-state index is 0.0562. The fraction of sp³-hybridized carbons (Fsp3) is 0.857. The highest BCUT2D eigenvalue weighted by molar-refractivity contribution is 7.88. The number of carbonyl (C=O) groups excluding carboxylic acids is 1. The molecule has 84 valence electrons. The largest absolute Gasteiger partial charge is 0.356 e. The first-order chi connectivity index (χ1) is 6.45. The van der Waals surface area contributed by atoms with E-state index in [0.29, 0.717) is 31.7 Å². The van der Waals surface area contributed by atoms with Gasteiger partial charge in [0.2, 0.25) is 15.9 Å². The van der Waals surface area contributed by atoms with Gasteiger partial charge in [-0.2, -0.15) is 12.6 Å². The zero-order chi connectivity index (χ0) is 11.0. The second-order valence-corrected chi connectivity index (χ2v) is 5.12. The summed E-state index contributed by atoms with van der Waals surface area (Å²) in [5.41, 5.74) is 0. The second-order valence-electron chi connectivity index (χ2n) is 2.84. The van der Waals surface area contributed by atoms with Crippen molar-refractivity contribution in [1.82, 2.24) is 10.0 Å². The van der Waals surface area contributed by atoms with E-state index < -0.39 is 10.0 Å². The lowest BCUT2D eigenvalue weighted by molar-refractivity contribution is -0.120. The molecular formula is C7H16N2O3S2. The van der Waals surface area contributed by atoms with Crippen LogP contribution in [0.25, 0.3) is 0 Å². The Morgan fingerprint density at radius 1 is 1.36 bits per heavy atom. The molecular weight excluding hydrogens is 224 g/mol. The molecule has 2 N–H and O–H groups in total. The summed E-state index contributed by atoms with van der Waals surface area (Å²) in [5.74, 6) is 0.465. The predicted molar refractivity (Wildman–Crippen MR) is 58.9 cm³/mol. The highest BCUT2D eigenvalue weighted by Crippen LogP contribution is 1.84. The third-order valence-electron chi connectivity index (χ3n) is 1.38. The van der Waals surface area contributed by atoms with Gasteiger partial charge in [0.15, 0.2) is 0 Å². The molecule has 0 radical (unpaired) electrons. The quantitative estimate of drug-likeness (QED) is 0.409. The molecule has 0 aliphatic heterocycles. The summed E-state index contributed by atoms with van der Waals surface area (Å²) in [4.78, 5) is 10.9. The third-order valence-corrected chi connectivity index (χ3v) is 2.33. The first-order valence-corrected chi connectivity index (χ1v) is 6.80. The van der Waals surface area contributed by atoms with E-state index in [1.165, 1.54) is 0 Å². The van der Waals surface area contributed by atoms with Crippen LogP contribution in [0.2, 0.25) is 0 Å². The van der Waals surface area contributed by atoms with Gasteiger partial charge >= 0.3 is 0 Å². The molecule has 0 unspecified atom stereocenters. The molecule has 0 rings (SSSR count). The lowest BCUT2D eigenvalue weighted by atomic mass is 10.4. The molecule has 0 fully saturated rings. The maximum absolute atomic E-state index is 10.9. The Morgan fingerprint density at radius 2 is 2.00 bits per heavy atom. The van der Waals surface area contributed by atoms with E-state index in [-0.39, 0.29) is 5.91 Å². The Bertz CT molecular complexity index is 264. The van der Waals surface area contributed by atoms with Crippen LogP contribution in [0.15, 0.2) is 0 Å². The monoisotopic (exact) mass is 240 g/mol. The second kappa shape index (κ2) is 7.08. The third kappa shape index (κ3) is 9.82. The Kier molecular flexibility index (Phi) is 6.94. The highest BCUT2D eigenvalue weighted by Gasteiger charge is 2.00. The molecule has 0 aliphatic rings. The number of amides is 1. The fourth-order valence-electron chi connectivity index (χ4n) is 0.764. The Balaban J connectivity index is 3.34. The van der Waals surface area contributed by atoms with E-state index in [9.17, 15) is 13.2 Å². The molecule has 0 saturated carbocycles. The van der Waals surface area contributed by atoms with E-state index in [4.69, 9.17) is 0 Å². The van der Waals surface area contributed by atoms with Gasteiger partial charge in [0, 0.05) is 19.5 Å². The molecule has 1 amide bonds. The number of sulfonamides is 1. The molecule has 0 aromatic heterocycles.